The van der Waals surface area contributed by atoms with Crippen molar-refractivity contribution >= 4 is 32.8 Å². The Balaban J connectivity index is 2.03. The van der Waals surface area contributed by atoms with Crippen LogP contribution in [0.25, 0.3) is 11.1 Å². The number of fused-ring (bicyclic) bond motifs is 1. The van der Waals surface area contributed by atoms with E-state index in [2.05, 4.69) is 4.74 Å². The van der Waals surface area contributed by atoms with Crippen molar-refractivity contribution in [3.63, 3.8) is 0 Å². The van der Waals surface area contributed by atoms with E-state index in [1.807, 2.05) is 0 Å². The average molecular weight is 420 g/mol. The zero-order chi connectivity index (χ0) is 21.2. The highest BCUT2D eigenvalue weighted by molar-refractivity contribution is 7.92. The summed E-state index contributed by atoms with van der Waals surface area (Å²) in [7, 11) is -1.18. The van der Waals surface area contributed by atoms with Gasteiger partial charge in [0.25, 0.3) is 10.0 Å². The van der Waals surface area contributed by atoms with Gasteiger partial charge in [-0.05, 0) is 43.3 Å². The molecule has 1 heterocycles. The summed E-state index contributed by atoms with van der Waals surface area (Å²) >= 11 is 0. The normalized spacial score (nSPS) is 11.4. The number of ether oxygens (including phenoxy) is 2. The molecule has 3 aromatic rings. The van der Waals surface area contributed by atoms with Crippen molar-refractivity contribution in [2.24, 2.45) is 0 Å². The number of oxazole rings is 1. The third-order valence-corrected chi connectivity index (χ3v) is 6.29. The van der Waals surface area contributed by atoms with Crippen LogP contribution in [-0.4, -0.2) is 39.7 Å². The van der Waals surface area contributed by atoms with Gasteiger partial charge in [0, 0.05) is 12.6 Å². The number of rotatable bonds is 7. The average Bonchev–Trinajstić information content (AvgIpc) is 3.03. The van der Waals surface area contributed by atoms with Crippen molar-refractivity contribution in [2.75, 3.05) is 25.1 Å². The third-order valence-electron chi connectivity index (χ3n) is 4.39. The summed E-state index contributed by atoms with van der Waals surface area (Å²) in [4.78, 5) is 23.5. The van der Waals surface area contributed by atoms with Crippen molar-refractivity contribution in [3.05, 3.63) is 53.0 Å². The Bertz CT molecular complexity index is 1190. The molecule has 29 heavy (non-hydrogen) atoms. The molecule has 0 saturated carbocycles. The standard InChI is InChI=1S/C19H20N2O7S/c1-4-21(13-5-7-14(26-2)8-6-13)29(24,25)15-9-10-16-17(11-15)28-19(23)20(16)12-18(22)27-3/h5-11H,4,12H2,1-3H3. The highest BCUT2D eigenvalue weighted by Gasteiger charge is 2.25. The van der Waals surface area contributed by atoms with Gasteiger partial charge in [-0.15, -0.1) is 0 Å². The highest BCUT2D eigenvalue weighted by atomic mass is 32.2. The highest BCUT2D eigenvalue weighted by Crippen LogP contribution is 2.27. The molecule has 9 nitrogen and oxygen atoms in total. The number of nitrogens with zero attached hydrogens (tertiary/aromatic N) is 2. The van der Waals surface area contributed by atoms with Crippen molar-refractivity contribution in [3.8, 4) is 5.75 Å². The van der Waals surface area contributed by atoms with Crippen LogP contribution in [0.3, 0.4) is 0 Å². The molecule has 0 N–H and O–H groups in total. The van der Waals surface area contributed by atoms with Crippen LogP contribution < -0.4 is 14.8 Å². The number of aromatic nitrogens is 1. The summed E-state index contributed by atoms with van der Waals surface area (Å²) in [6, 6.07) is 10.7. The van der Waals surface area contributed by atoms with Crippen molar-refractivity contribution in [1.82, 2.24) is 4.57 Å². The van der Waals surface area contributed by atoms with E-state index in [-0.39, 0.29) is 23.6 Å². The number of carbonyl (C=O) groups excluding carboxylic acids is 1. The van der Waals surface area contributed by atoms with E-state index in [1.165, 1.54) is 36.7 Å². The summed E-state index contributed by atoms with van der Waals surface area (Å²) in [5, 5.41) is 0. The summed E-state index contributed by atoms with van der Waals surface area (Å²) in [5.74, 6) is -0.789. The van der Waals surface area contributed by atoms with Gasteiger partial charge in [0.1, 0.15) is 12.3 Å². The van der Waals surface area contributed by atoms with Crippen LogP contribution in [0.5, 0.6) is 5.75 Å². The van der Waals surface area contributed by atoms with Gasteiger partial charge in [-0.2, -0.15) is 0 Å². The first-order chi connectivity index (χ1) is 13.8. The minimum absolute atomic E-state index is 0.0402. The van der Waals surface area contributed by atoms with E-state index in [9.17, 15) is 18.0 Å². The van der Waals surface area contributed by atoms with Gasteiger partial charge in [0.2, 0.25) is 0 Å². The first-order valence-electron chi connectivity index (χ1n) is 8.68. The van der Waals surface area contributed by atoms with Crippen LogP contribution in [0.1, 0.15) is 6.92 Å². The summed E-state index contributed by atoms with van der Waals surface area (Å²) < 4.78 is 43.5. The summed E-state index contributed by atoms with van der Waals surface area (Å²) in [6.45, 7) is 1.58. The minimum Gasteiger partial charge on any atom is -0.497 e. The topological polar surface area (TPSA) is 108 Å². The second kappa shape index (κ2) is 8.00. The first-order valence-corrected chi connectivity index (χ1v) is 10.1. The molecule has 0 saturated heterocycles. The van der Waals surface area contributed by atoms with E-state index in [4.69, 9.17) is 9.15 Å². The number of hydrogen-bond donors (Lipinski definition) is 0. The second-order valence-corrected chi connectivity index (χ2v) is 7.89. The fraction of sp³-hybridized carbons (Fsp3) is 0.263. The van der Waals surface area contributed by atoms with Crippen LogP contribution in [-0.2, 0) is 26.1 Å². The van der Waals surface area contributed by atoms with E-state index in [1.54, 1.807) is 31.2 Å². The Kier molecular flexibility index (Phi) is 5.64. The molecule has 2 aromatic carbocycles. The van der Waals surface area contributed by atoms with Crippen LogP contribution >= 0.6 is 0 Å². The number of methoxy groups -OCH3 is 2. The number of sulfonamides is 1. The zero-order valence-corrected chi connectivity index (χ0v) is 16.9. The van der Waals surface area contributed by atoms with Crippen molar-refractivity contribution in [1.29, 1.82) is 0 Å². The Labute approximate surface area is 167 Å². The Morgan fingerprint density at radius 2 is 1.83 bits per heavy atom. The Morgan fingerprint density at radius 3 is 2.41 bits per heavy atom. The van der Waals surface area contributed by atoms with Gasteiger partial charge < -0.3 is 13.9 Å². The van der Waals surface area contributed by atoms with Crippen molar-refractivity contribution < 1.29 is 27.1 Å². The lowest BCUT2D eigenvalue weighted by Crippen LogP contribution is -2.30. The van der Waals surface area contributed by atoms with Crippen LogP contribution in [0.2, 0.25) is 0 Å². The monoisotopic (exact) mass is 420 g/mol. The largest absolute Gasteiger partial charge is 0.497 e. The quantitative estimate of drug-likeness (QED) is 0.538. The Morgan fingerprint density at radius 1 is 1.14 bits per heavy atom. The minimum atomic E-state index is -3.92. The van der Waals surface area contributed by atoms with Gasteiger partial charge in [0.15, 0.2) is 5.58 Å². The maximum absolute atomic E-state index is 13.2. The van der Waals surface area contributed by atoms with Gasteiger partial charge in [-0.3, -0.25) is 13.7 Å². The van der Waals surface area contributed by atoms with Gasteiger partial charge in [-0.25, -0.2) is 13.2 Å². The molecule has 10 heteroatoms. The number of anilines is 1. The summed E-state index contributed by atoms with van der Waals surface area (Å²) in [5.41, 5.74) is 0.829. The lowest BCUT2D eigenvalue weighted by Gasteiger charge is -2.23. The molecular weight excluding hydrogens is 400 g/mol. The molecule has 0 radical (unpaired) electrons. The zero-order valence-electron chi connectivity index (χ0n) is 16.1. The molecule has 0 bridgehead atoms. The summed E-state index contributed by atoms with van der Waals surface area (Å²) in [6.07, 6.45) is 0. The molecule has 0 atom stereocenters. The first kappa shape index (κ1) is 20.5. The van der Waals surface area contributed by atoms with Crippen LogP contribution in [0.4, 0.5) is 5.69 Å². The third kappa shape index (κ3) is 3.83. The molecular formula is C19H20N2O7S. The number of esters is 1. The molecule has 0 aliphatic carbocycles. The number of benzene rings is 2. The van der Waals surface area contributed by atoms with E-state index < -0.39 is 21.7 Å². The van der Waals surface area contributed by atoms with Gasteiger partial charge in [0.05, 0.1) is 30.3 Å². The molecule has 0 amide bonds. The fourth-order valence-corrected chi connectivity index (χ4v) is 4.41. The van der Waals surface area contributed by atoms with Crippen molar-refractivity contribution in [2.45, 2.75) is 18.4 Å². The fourth-order valence-electron chi connectivity index (χ4n) is 2.92. The maximum atomic E-state index is 13.2. The Hall–Kier alpha value is -3.27. The van der Waals surface area contributed by atoms with Gasteiger partial charge >= 0.3 is 11.7 Å². The van der Waals surface area contributed by atoms with E-state index >= 15 is 0 Å². The lowest BCUT2D eigenvalue weighted by molar-refractivity contribution is -0.141. The van der Waals surface area contributed by atoms with Crippen LogP contribution in [0, 0.1) is 0 Å². The maximum Gasteiger partial charge on any atom is 0.420 e. The molecule has 3 rings (SSSR count). The molecule has 0 fully saturated rings. The predicted octanol–water partition coefficient (Wildman–Crippen LogP) is 1.99. The molecule has 0 aliphatic rings. The SMILES string of the molecule is CCN(c1ccc(OC)cc1)S(=O)(=O)c1ccc2c(c1)oc(=O)n2CC(=O)OC. The lowest BCUT2D eigenvalue weighted by atomic mass is 10.3. The second-order valence-electron chi connectivity index (χ2n) is 6.03. The number of hydrogen-bond acceptors (Lipinski definition) is 7. The molecule has 0 aliphatic heterocycles. The molecule has 1 aromatic heterocycles. The van der Waals surface area contributed by atoms with E-state index in [0.29, 0.717) is 17.0 Å². The predicted molar refractivity (Wildman–Crippen MR) is 106 cm³/mol. The number of carbonyl (C=O) groups is 1. The molecule has 0 unspecified atom stereocenters. The smallest absolute Gasteiger partial charge is 0.420 e. The van der Waals surface area contributed by atoms with E-state index in [0.717, 1.165) is 4.57 Å². The molecule has 154 valence electrons. The van der Waals surface area contributed by atoms with Crippen LogP contribution in [0.15, 0.2) is 56.6 Å². The molecule has 0 spiro atoms. The van der Waals surface area contributed by atoms with Gasteiger partial charge in [-0.1, -0.05) is 0 Å².